The van der Waals surface area contributed by atoms with Crippen molar-refractivity contribution in [3.63, 3.8) is 0 Å². The number of carboxylic acids is 1. The maximum atomic E-state index is 13.0. The molecule has 1 aliphatic rings. The highest BCUT2D eigenvalue weighted by Gasteiger charge is 2.24. The van der Waals surface area contributed by atoms with E-state index in [0.29, 0.717) is 5.56 Å². The molecule has 0 saturated heterocycles. The monoisotopic (exact) mass is 279 g/mol. The number of aliphatic carboxylic acids is 1. The smallest absolute Gasteiger partial charge is 0.303 e. The van der Waals surface area contributed by atoms with Crippen LogP contribution in [0.15, 0.2) is 24.3 Å². The van der Waals surface area contributed by atoms with E-state index in [9.17, 15) is 14.0 Å². The fraction of sp³-hybridized carbons (Fsp3) is 0.467. The van der Waals surface area contributed by atoms with Crippen molar-refractivity contribution in [1.29, 1.82) is 0 Å². The minimum absolute atomic E-state index is 0.0517. The van der Waals surface area contributed by atoms with E-state index in [2.05, 4.69) is 5.32 Å². The number of carbonyl (C=O) groups is 2. The van der Waals surface area contributed by atoms with Crippen LogP contribution in [0.1, 0.15) is 42.5 Å². The van der Waals surface area contributed by atoms with Gasteiger partial charge in [0.25, 0.3) is 5.91 Å². The zero-order chi connectivity index (χ0) is 14.5. The molecule has 1 aromatic carbocycles. The molecule has 1 saturated carbocycles. The zero-order valence-electron chi connectivity index (χ0n) is 11.1. The average Bonchev–Trinajstić information content (AvgIpc) is 2.40. The van der Waals surface area contributed by atoms with Gasteiger partial charge in [0.1, 0.15) is 5.82 Å². The summed E-state index contributed by atoms with van der Waals surface area (Å²) in [5.41, 5.74) is 0.317. The molecule has 2 N–H and O–H groups in total. The first kappa shape index (κ1) is 14.5. The highest BCUT2D eigenvalue weighted by molar-refractivity contribution is 5.94. The van der Waals surface area contributed by atoms with Crippen LogP contribution in [-0.2, 0) is 4.79 Å². The molecule has 0 radical (unpaired) electrons. The number of rotatable bonds is 4. The Labute approximate surface area is 117 Å². The number of nitrogens with one attached hydrogen (secondary N) is 1. The molecule has 1 fully saturated rings. The number of hydrogen-bond donors (Lipinski definition) is 2. The quantitative estimate of drug-likeness (QED) is 0.890. The number of hydrogen-bond acceptors (Lipinski definition) is 2. The Kier molecular flexibility index (Phi) is 4.71. The Balaban J connectivity index is 1.83. The van der Waals surface area contributed by atoms with Crippen molar-refractivity contribution in [3.05, 3.63) is 35.6 Å². The van der Waals surface area contributed by atoms with Gasteiger partial charge in [-0.25, -0.2) is 4.39 Å². The normalized spacial score (nSPS) is 22.2. The van der Waals surface area contributed by atoms with E-state index in [1.165, 1.54) is 18.2 Å². The second-order valence-corrected chi connectivity index (χ2v) is 5.30. The molecule has 4 nitrogen and oxygen atoms in total. The number of carbonyl (C=O) groups excluding carboxylic acids is 1. The van der Waals surface area contributed by atoms with Gasteiger partial charge in [-0.3, -0.25) is 9.59 Å². The second kappa shape index (κ2) is 6.50. The Morgan fingerprint density at radius 3 is 2.55 bits per heavy atom. The van der Waals surface area contributed by atoms with Gasteiger partial charge in [-0.2, -0.15) is 0 Å². The summed E-state index contributed by atoms with van der Waals surface area (Å²) in [5.74, 6) is -1.26. The minimum Gasteiger partial charge on any atom is -0.481 e. The zero-order valence-corrected chi connectivity index (χ0v) is 11.1. The third kappa shape index (κ3) is 4.05. The summed E-state index contributed by atoms with van der Waals surface area (Å²) in [4.78, 5) is 22.6. The van der Waals surface area contributed by atoms with Gasteiger partial charge in [0.2, 0.25) is 0 Å². The molecule has 0 spiro atoms. The fourth-order valence-corrected chi connectivity index (χ4v) is 2.66. The van der Waals surface area contributed by atoms with Gasteiger partial charge < -0.3 is 10.4 Å². The van der Waals surface area contributed by atoms with E-state index in [1.807, 2.05) is 0 Å². The Bertz CT molecular complexity index is 496. The van der Waals surface area contributed by atoms with Gasteiger partial charge >= 0.3 is 5.97 Å². The van der Waals surface area contributed by atoms with Crippen molar-refractivity contribution in [1.82, 2.24) is 5.32 Å². The Morgan fingerprint density at radius 1 is 1.25 bits per heavy atom. The molecular weight excluding hydrogens is 261 g/mol. The van der Waals surface area contributed by atoms with Crippen LogP contribution in [0.3, 0.4) is 0 Å². The summed E-state index contributed by atoms with van der Waals surface area (Å²) >= 11 is 0. The predicted molar refractivity (Wildman–Crippen MR) is 71.9 cm³/mol. The molecule has 1 amide bonds. The van der Waals surface area contributed by atoms with Crippen LogP contribution >= 0.6 is 0 Å². The van der Waals surface area contributed by atoms with Crippen molar-refractivity contribution in [2.45, 2.75) is 38.1 Å². The first-order valence-electron chi connectivity index (χ1n) is 6.83. The van der Waals surface area contributed by atoms with Gasteiger partial charge in [0.15, 0.2) is 0 Å². The summed E-state index contributed by atoms with van der Waals surface area (Å²) < 4.78 is 13.0. The third-order valence-electron chi connectivity index (χ3n) is 3.73. The summed E-state index contributed by atoms with van der Waals surface area (Å²) in [6, 6.07) is 5.65. The van der Waals surface area contributed by atoms with Gasteiger partial charge in [-0.05, 0) is 49.8 Å². The number of carboxylic acid groups (broad SMARTS) is 1. The van der Waals surface area contributed by atoms with Gasteiger partial charge in [0, 0.05) is 18.0 Å². The molecule has 0 unspecified atom stereocenters. The second-order valence-electron chi connectivity index (χ2n) is 5.30. The van der Waals surface area contributed by atoms with E-state index in [-0.39, 0.29) is 24.3 Å². The number of benzene rings is 1. The molecule has 2 rings (SSSR count). The van der Waals surface area contributed by atoms with Crippen LogP contribution in [0.5, 0.6) is 0 Å². The van der Waals surface area contributed by atoms with Crippen molar-refractivity contribution in [3.8, 4) is 0 Å². The van der Waals surface area contributed by atoms with Crippen LogP contribution in [-0.4, -0.2) is 23.0 Å². The first-order valence-corrected chi connectivity index (χ1v) is 6.83. The lowest BCUT2D eigenvalue weighted by atomic mass is 9.84. The van der Waals surface area contributed by atoms with E-state index in [1.54, 1.807) is 6.07 Å². The molecule has 20 heavy (non-hydrogen) atoms. The molecule has 1 aliphatic carbocycles. The Hall–Kier alpha value is -1.91. The van der Waals surface area contributed by atoms with Crippen molar-refractivity contribution in [2.24, 2.45) is 5.92 Å². The summed E-state index contributed by atoms with van der Waals surface area (Å²) in [6.07, 6.45) is 3.36. The van der Waals surface area contributed by atoms with E-state index in [4.69, 9.17) is 5.11 Å². The largest absolute Gasteiger partial charge is 0.481 e. The number of amides is 1. The SMILES string of the molecule is O=C(O)CC1CCC(NC(=O)c2cccc(F)c2)CC1. The summed E-state index contributed by atoms with van der Waals surface area (Å²) in [5, 5.41) is 11.6. The highest BCUT2D eigenvalue weighted by atomic mass is 19.1. The van der Waals surface area contributed by atoms with Crippen molar-refractivity contribution < 1.29 is 19.1 Å². The number of halogens is 1. The van der Waals surface area contributed by atoms with Crippen LogP contribution < -0.4 is 5.32 Å². The molecule has 0 atom stereocenters. The van der Waals surface area contributed by atoms with E-state index >= 15 is 0 Å². The Morgan fingerprint density at radius 2 is 1.95 bits per heavy atom. The lowest BCUT2D eigenvalue weighted by molar-refractivity contribution is -0.138. The molecule has 108 valence electrons. The summed E-state index contributed by atoms with van der Waals surface area (Å²) in [6.45, 7) is 0. The first-order chi connectivity index (χ1) is 9.54. The molecule has 5 heteroatoms. The van der Waals surface area contributed by atoms with Crippen molar-refractivity contribution in [2.75, 3.05) is 0 Å². The average molecular weight is 279 g/mol. The van der Waals surface area contributed by atoms with Gasteiger partial charge in [-0.1, -0.05) is 6.07 Å². The van der Waals surface area contributed by atoms with Crippen LogP contribution in [0, 0.1) is 11.7 Å². The van der Waals surface area contributed by atoms with Crippen molar-refractivity contribution >= 4 is 11.9 Å². The minimum atomic E-state index is -0.766. The highest BCUT2D eigenvalue weighted by Crippen LogP contribution is 2.27. The van der Waals surface area contributed by atoms with Crippen LogP contribution in [0.4, 0.5) is 4.39 Å². The summed E-state index contributed by atoms with van der Waals surface area (Å²) in [7, 11) is 0. The molecule has 0 bridgehead atoms. The lowest BCUT2D eigenvalue weighted by Gasteiger charge is -2.28. The maximum absolute atomic E-state index is 13.0. The van der Waals surface area contributed by atoms with E-state index < -0.39 is 11.8 Å². The van der Waals surface area contributed by atoms with Crippen LogP contribution in [0.2, 0.25) is 0 Å². The van der Waals surface area contributed by atoms with Crippen LogP contribution in [0.25, 0.3) is 0 Å². The topological polar surface area (TPSA) is 66.4 Å². The molecule has 0 heterocycles. The third-order valence-corrected chi connectivity index (χ3v) is 3.73. The fourth-order valence-electron chi connectivity index (χ4n) is 2.66. The predicted octanol–water partition coefficient (Wildman–Crippen LogP) is 2.59. The van der Waals surface area contributed by atoms with Gasteiger partial charge in [-0.15, -0.1) is 0 Å². The standard InChI is InChI=1S/C15H18FNO3/c16-12-3-1-2-11(9-12)15(20)17-13-6-4-10(5-7-13)8-14(18)19/h1-3,9-10,13H,4-8H2,(H,17,20)(H,18,19). The lowest BCUT2D eigenvalue weighted by Crippen LogP contribution is -2.37. The molecule has 1 aromatic rings. The van der Waals surface area contributed by atoms with Gasteiger partial charge in [0.05, 0.1) is 0 Å². The molecule has 0 aliphatic heterocycles. The maximum Gasteiger partial charge on any atom is 0.303 e. The molecule has 0 aromatic heterocycles. The van der Waals surface area contributed by atoms with E-state index in [0.717, 1.165) is 25.7 Å². The molecular formula is C15H18FNO3.